The summed E-state index contributed by atoms with van der Waals surface area (Å²) in [6, 6.07) is 10.4. The molecule has 1 aliphatic rings. The van der Waals surface area contributed by atoms with Crippen LogP contribution in [0.2, 0.25) is 5.02 Å². The standard InChI is InChI=1S/C24H26ClN5O4/c1-15(2)10-20(24(23(26)32)33-8-9-34-24)29-22(31)18-11-17(25)12-27-21(18)30-13-19(28-14-30)16-6-4-3-5-7-16/h3-7,11-15,20H,8-10H2,1-2H3,(H2,26,32)(H,29,31). The van der Waals surface area contributed by atoms with Gasteiger partial charge < -0.3 is 20.5 Å². The number of rotatable bonds is 8. The second-order valence-corrected chi connectivity index (χ2v) is 8.88. The molecule has 0 saturated carbocycles. The van der Waals surface area contributed by atoms with Crippen molar-refractivity contribution in [3.05, 3.63) is 65.7 Å². The SMILES string of the molecule is CC(C)CC(NC(=O)c1cc(Cl)cnc1-n1cnc(-c2ccccc2)c1)C1(C(N)=O)OCCO1. The third kappa shape index (κ3) is 4.82. The van der Waals surface area contributed by atoms with Gasteiger partial charge in [0.2, 0.25) is 0 Å². The normalized spacial score (nSPS) is 15.9. The summed E-state index contributed by atoms with van der Waals surface area (Å²) >= 11 is 6.18. The first-order valence-corrected chi connectivity index (χ1v) is 11.3. The van der Waals surface area contributed by atoms with E-state index in [0.29, 0.717) is 12.2 Å². The van der Waals surface area contributed by atoms with Gasteiger partial charge in [-0.15, -0.1) is 0 Å². The Bertz CT molecular complexity index is 1180. The lowest BCUT2D eigenvalue weighted by atomic mass is 9.95. The van der Waals surface area contributed by atoms with Crippen molar-refractivity contribution in [1.29, 1.82) is 0 Å². The van der Waals surface area contributed by atoms with Gasteiger partial charge >= 0.3 is 0 Å². The molecular weight excluding hydrogens is 458 g/mol. The van der Waals surface area contributed by atoms with Crippen molar-refractivity contribution >= 4 is 23.4 Å². The summed E-state index contributed by atoms with van der Waals surface area (Å²) in [4.78, 5) is 34.6. The predicted molar refractivity (Wildman–Crippen MR) is 126 cm³/mol. The van der Waals surface area contributed by atoms with Crippen molar-refractivity contribution in [2.45, 2.75) is 32.1 Å². The van der Waals surface area contributed by atoms with Crippen molar-refractivity contribution in [2.24, 2.45) is 11.7 Å². The molecule has 4 rings (SSSR count). The number of halogens is 1. The summed E-state index contributed by atoms with van der Waals surface area (Å²) in [5, 5.41) is 3.17. The number of carbonyl (C=O) groups is 2. The van der Waals surface area contributed by atoms with Crippen molar-refractivity contribution in [1.82, 2.24) is 19.9 Å². The molecule has 10 heteroatoms. The molecule has 0 bridgehead atoms. The number of ether oxygens (including phenoxy) is 2. The van der Waals surface area contributed by atoms with Crippen LogP contribution in [0.5, 0.6) is 0 Å². The van der Waals surface area contributed by atoms with Gasteiger partial charge in [-0.05, 0) is 18.4 Å². The summed E-state index contributed by atoms with van der Waals surface area (Å²) in [6.45, 7) is 4.33. The molecule has 3 heterocycles. The minimum atomic E-state index is -1.73. The molecule has 2 amide bonds. The first-order valence-electron chi connectivity index (χ1n) is 10.9. The summed E-state index contributed by atoms with van der Waals surface area (Å²) < 4.78 is 12.9. The number of nitrogens with one attached hydrogen (secondary N) is 1. The highest BCUT2D eigenvalue weighted by Gasteiger charge is 2.51. The van der Waals surface area contributed by atoms with Gasteiger partial charge in [-0.3, -0.25) is 14.2 Å². The molecule has 1 saturated heterocycles. The van der Waals surface area contributed by atoms with E-state index < -0.39 is 23.6 Å². The van der Waals surface area contributed by atoms with Crippen molar-refractivity contribution in [3.63, 3.8) is 0 Å². The molecule has 1 aliphatic heterocycles. The Labute approximate surface area is 202 Å². The average Bonchev–Trinajstić information content (AvgIpc) is 3.50. The number of pyridine rings is 1. The smallest absolute Gasteiger partial charge is 0.280 e. The second-order valence-electron chi connectivity index (χ2n) is 8.44. The van der Waals surface area contributed by atoms with Gasteiger partial charge in [0.1, 0.15) is 6.33 Å². The van der Waals surface area contributed by atoms with Gasteiger partial charge in [-0.2, -0.15) is 0 Å². The van der Waals surface area contributed by atoms with Crippen LogP contribution >= 0.6 is 11.6 Å². The van der Waals surface area contributed by atoms with Crippen LogP contribution < -0.4 is 11.1 Å². The Morgan fingerprint density at radius 2 is 1.91 bits per heavy atom. The van der Waals surface area contributed by atoms with E-state index in [0.717, 1.165) is 11.3 Å². The summed E-state index contributed by atoms with van der Waals surface area (Å²) in [7, 11) is 0. The average molecular weight is 484 g/mol. The summed E-state index contributed by atoms with van der Waals surface area (Å²) in [5.41, 5.74) is 7.50. The van der Waals surface area contributed by atoms with Gasteiger partial charge in [0.05, 0.1) is 35.5 Å². The van der Waals surface area contributed by atoms with Crippen molar-refractivity contribution in [2.75, 3.05) is 13.2 Å². The highest BCUT2D eigenvalue weighted by atomic mass is 35.5. The molecule has 3 N–H and O–H groups in total. The Kier molecular flexibility index (Phi) is 6.97. The maximum absolute atomic E-state index is 13.5. The number of amides is 2. The lowest BCUT2D eigenvalue weighted by Gasteiger charge is -2.34. The third-order valence-electron chi connectivity index (χ3n) is 5.51. The Balaban J connectivity index is 1.68. The summed E-state index contributed by atoms with van der Waals surface area (Å²) in [5.74, 6) is -2.57. The van der Waals surface area contributed by atoms with E-state index in [4.69, 9.17) is 26.8 Å². The lowest BCUT2D eigenvalue weighted by molar-refractivity contribution is -0.190. The van der Waals surface area contributed by atoms with Crippen molar-refractivity contribution in [3.8, 4) is 17.1 Å². The Morgan fingerprint density at radius 3 is 2.56 bits per heavy atom. The van der Waals surface area contributed by atoms with Crippen molar-refractivity contribution < 1.29 is 19.1 Å². The quantitative estimate of drug-likeness (QED) is 0.508. The van der Waals surface area contributed by atoms with E-state index in [1.54, 1.807) is 17.1 Å². The van der Waals surface area contributed by atoms with Crippen LogP contribution in [0, 0.1) is 5.92 Å². The number of imidazole rings is 1. The van der Waals surface area contributed by atoms with Crippen LogP contribution in [-0.2, 0) is 14.3 Å². The Hall–Kier alpha value is -3.27. The van der Waals surface area contributed by atoms with Gasteiger partial charge in [0.25, 0.3) is 17.6 Å². The van der Waals surface area contributed by atoms with E-state index >= 15 is 0 Å². The molecule has 34 heavy (non-hydrogen) atoms. The number of aromatic nitrogens is 3. The molecule has 0 radical (unpaired) electrons. The van der Waals surface area contributed by atoms with Crippen LogP contribution in [0.4, 0.5) is 0 Å². The molecule has 2 aromatic heterocycles. The first-order chi connectivity index (χ1) is 16.3. The fourth-order valence-corrected chi connectivity index (χ4v) is 4.12. The highest BCUT2D eigenvalue weighted by molar-refractivity contribution is 6.30. The van der Waals surface area contributed by atoms with E-state index in [-0.39, 0.29) is 29.7 Å². The van der Waals surface area contributed by atoms with E-state index in [9.17, 15) is 9.59 Å². The molecule has 1 unspecified atom stereocenters. The molecule has 0 spiro atoms. The largest absolute Gasteiger partial charge is 0.365 e. The van der Waals surface area contributed by atoms with Gasteiger partial charge in [0.15, 0.2) is 5.82 Å². The number of nitrogens with zero attached hydrogens (tertiary/aromatic N) is 3. The van der Waals surface area contributed by atoms with E-state index in [1.165, 1.54) is 12.3 Å². The second kappa shape index (κ2) is 9.92. The zero-order valence-electron chi connectivity index (χ0n) is 18.9. The van der Waals surface area contributed by atoms with E-state index in [2.05, 4.69) is 15.3 Å². The van der Waals surface area contributed by atoms with Crippen LogP contribution in [0.25, 0.3) is 17.1 Å². The van der Waals surface area contributed by atoms with E-state index in [1.807, 2.05) is 44.2 Å². The minimum Gasteiger partial charge on any atom is -0.365 e. The van der Waals surface area contributed by atoms with Gasteiger partial charge in [-0.1, -0.05) is 55.8 Å². The number of primary amides is 1. The molecule has 1 fully saturated rings. The highest BCUT2D eigenvalue weighted by Crippen LogP contribution is 2.29. The molecule has 178 valence electrons. The Morgan fingerprint density at radius 1 is 1.21 bits per heavy atom. The fraction of sp³-hybridized carbons (Fsp3) is 0.333. The topological polar surface area (TPSA) is 121 Å². The van der Waals surface area contributed by atoms with Crippen LogP contribution in [0.1, 0.15) is 30.6 Å². The van der Waals surface area contributed by atoms with Crippen LogP contribution in [0.3, 0.4) is 0 Å². The number of hydrogen-bond acceptors (Lipinski definition) is 6. The zero-order chi connectivity index (χ0) is 24.3. The predicted octanol–water partition coefficient (Wildman–Crippen LogP) is 2.96. The molecule has 1 atom stereocenters. The lowest BCUT2D eigenvalue weighted by Crippen LogP contribution is -2.61. The molecule has 9 nitrogen and oxygen atoms in total. The molecular formula is C24H26ClN5O4. The number of carbonyl (C=O) groups excluding carboxylic acids is 2. The monoisotopic (exact) mass is 483 g/mol. The molecule has 3 aromatic rings. The third-order valence-corrected chi connectivity index (χ3v) is 5.71. The molecule has 0 aliphatic carbocycles. The maximum Gasteiger partial charge on any atom is 0.280 e. The fourth-order valence-electron chi connectivity index (χ4n) is 3.96. The summed E-state index contributed by atoms with van der Waals surface area (Å²) in [6.07, 6.45) is 5.22. The first kappa shape index (κ1) is 23.9. The number of nitrogens with two attached hydrogens (primary N) is 1. The van der Waals surface area contributed by atoms with Crippen LogP contribution in [-0.4, -0.2) is 51.4 Å². The van der Waals surface area contributed by atoms with Gasteiger partial charge in [-0.25, -0.2) is 9.97 Å². The molecule has 1 aromatic carbocycles. The maximum atomic E-state index is 13.5. The number of hydrogen-bond donors (Lipinski definition) is 2. The number of benzene rings is 1. The zero-order valence-corrected chi connectivity index (χ0v) is 19.7. The van der Waals surface area contributed by atoms with Crippen LogP contribution in [0.15, 0.2) is 55.1 Å². The minimum absolute atomic E-state index is 0.119. The van der Waals surface area contributed by atoms with Gasteiger partial charge in [0, 0.05) is 18.0 Å².